The molecular weight excluding hydrogens is 312 g/mol. The molecule has 1 aromatic carbocycles. The van der Waals surface area contributed by atoms with Crippen molar-refractivity contribution in [2.45, 2.75) is 50.3 Å². The number of hydrogen-bond acceptors (Lipinski definition) is 3. The van der Waals surface area contributed by atoms with E-state index in [1.54, 1.807) is 11.3 Å². The monoisotopic (exact) mass is 334 g/mol. The summed E-state index contributed by atoms with van der Waals surface area (Å²) in [5.41, 5.74) is 3.69. The second-order valence-electron chi connectivity index (χ2n) is 6.73. The Labute approximate surface area is 138 Å². The van der Waals surface area contributed by atoms with Crippen molar-refractivity contribution >= 4 is 22.3 Å². The third-order valence-electron chi connectivity index (χ3n) is 4.09. The zero-order chi connectivity index (χ0) is 15.8. The van der Waals surface area contributed by atoms with Crippen molar-refractivity contribution < 1.29 is 4.21 Å². The van der Waals surface area contributed by atoms with Crippen LogP contribution in [0.15, 0.2) is 35.8 Å². The molecule has 1 aliphatic carbocycles. The molecule has 0 amide bonds. The van der Waals surface area contributed by atoms with E-state index < -0.39 is 16.5 Å². The molecule has 3 rings (SSSR count). The molecule has 1 N–H and O–H groups in total. The van der Waals surface area contributed by atoms with E-state index in [0.717, 1.165) is 30.5 Å². The molecule has 2 aromatic rings. The Hall–Kier alpha value is -1.04. The quantitative estimate of drug-likeness (QED) is 0.928. The van der Waals surface area contributed by atoms with Gasteiger partial charge >= 0.3 is 0 Å². The van der Waals surface area contributed by atoms with E-state index in [4.69, 9.17) is 0 Å². The highest BCUT2D eigenvalue weighted by atomic mass is 32.2. The topological polar surface area (TPSA) is 42.0 Å². The van der Waals surface area contributed by atoms with E-state index in [2.05, 4.69) is 21.8 Å². The number of nitrogens with zero attached hydrogens (tertiary/aromatic N) is 1. The summed E-state index contributed by atoms with van der Waals surface area (Å²) in [7, 11) is -1.15. The Balaban J connectivity index is 2.11. The van der Waals surface area contributed by atoms with Crippen LogP contribution in [0.2, 0.25) is 0 Å². The van der Waals surface area contributed by atoms with Gasteiger partial charge < -0.3 is 0 Å². The first kappa shape index (κ1) is 15.8. The lowest BCUT2D eigenvalue weighted by atomic mass is 9.78. The fraction of sp³-hybridized carbons (Fsp3) is 0.471. The molecule has 1 heterocycles. The molecule has 2 unspecified atom stereocenters. The molecule has 0 fully saturated rings. The van der Waals surface area contributed by atoms with Crippen LogP contribution in [0.4, 0.5) is 0 Å². The van der Waals surface area contributed by atoms with Gasteiger partial charge in [0.1, 0.15) is 0 Å². The van der Waals surface area contributed by atoms with E-state index in [1.807, 2.05) is 44.5 Å². The van der Waals surface area contributed by atoms with Crippen LogP contribution >= 0.6 is 11.3 Å². The van der Waals surface area contributed by atoms with Gasteiger partial charge in [-0.05, 0) is 45.6 Å². The van der Waals surface area contributed by atoms with Crippen LogP contribution in [0.3, 0.4) is 0 Å². The molecule has 0 spiro atoms. The van der Waals surface area contributed by atoms with Gasteiger partial charge in [-0.1, -0.05) is 30.3 Å². The summed E-state index contributed by atoms with van der Waals surface area (Å²) in [6.07, 6.45) is 3.08. The molecule has 0 bridgehead atoms. The maximum Gasteiger partial charge on any atom is 0.0987 e. The van der Waals surface area contributed by atoms with Gasteiger partial charge in [-0.2, -0.15) is 0 Å². The van der Waals surface area contributed by atoms with Crippen molar-refractivity contribution in [3.63, 3.8) is 0 Å². The van der Waals surface area contributed by atoms with Crippen LogP contribution in [0.25, 0.3) is 0 Å². The van der Waals surface area contributed by atoms with E-state index in [9.17, 15) is 4.21 Å². The van der Waals surface area contributed by atoms with Gasteiger partial charge in [0.15, 0.2) is 0 Å². The minimum atomic E-state index is -1.15. The average molecular weight is 335 g/mol. The number of hydrogen-bond donors (Lipinski definition) is 1. The van der Waals surface area contributed by atoms with Crippen molar-refractivity contribution in [3.8, 4) is 0 Å². The van der Waals surface area contributed by atoms with Gasteiger partial charge in [0.05, 0.1) is 32.5 Å². The Morgan fingerprint density at radius 1 is 1.27 bits per heavy atom. The maximum atomic E-state index is 12.8. The fourth-order valence-corrected chi connectivity index (χ4v) is 4.73. The summed E-state index contributed by atoms with van der Waals surface area (Å²) in [5.74, 6) is 0. The van der Waals surface area contributed by atoms with Crippen molar-refractivity contribution in [3.05, 3.63) is 52.0 Å². The van der Waals surface area contributed by atoms with Gasteiger partial charge in [-0.3, -0.25) is 0 Å². The molecule has 2 atom stereocenters. The molecule has 0 saturated heterocycles. The van der Waals surface area contributed by atoms with Gasteiger partial charge in [-0.25, -0.2) is 13.9 Å². The Kier molecular flexibility index (Phi) is 4.23. The number of thiazole rings is 1. The minimum absolute atomic E-state index is 0.310. The Morgan fingerprint density at radius 2 is 2.00 bits per heavy atom. The fourth-order valence-electron chi connectivity index (χ4n) is 2.90. The van der Waals surface area contributed by atoms with E-state index in [-0.39, 0.29) is 4.75 Å². The van der Waals surface area contributed by atoms with Crippen LogP contribution in [-0.2, 0) is 22.9 Å². The summed E-state index contributed by atoms with van der Waals surface area (Å²) in [4.78, 5) is 5.96. The normalized spacial score (nSPS) is 23.0. The first-order valence-corrected chi connectivity index (χ1v) is 9.64. The Morgan fingerprint density at radius 3 is 2.68 bits per heavy atom. The zero-order valence-electron chi connectivity index (χ0n) is 13.3. The molecular formula is C17H22N2OS2. The summed E-state index contributed by atoms with van der Waals surface area (Å²) in [5, 5.41) is 0. The Bertz CT molecular complexity index is 675. The molecule has 3 nitrogen and oxygen atoms in total. The smallest absolute Gasteiger partial charge is 0.0987 e. The first-order chi connectivity index (χ1) is 10.4. The first-order valence-electron chi connectivity index (χ1n) is 7.61. The van der Waals surface area contributed by atoms with Crippen LogP contribution < -0.4 is 4.72 Å². The molecule has 118 valence electrons. The SMILES string of the molecule is CC(C)(C)S(=O)NC1(c2ccccc2)CCCc2scnc21. The number of benzene rings is 1. The molecule has 0 radical (unpaired) electrons. The number of aromatic nitrogens is 1. The highest BCUT2D eigenvalue weighted by molar-refractivity contribution is 7.84. The van der Waals surface area contributed by atoms with Crippen molar-refractivity contribution in [1.82, 2.24) is 9.71 Å². The van der Waals surface area contributed by atoms with Crippen LogP contribution in [-0.4, -0.2) is 13.9 Å². The second-order valence-corrected chi connectivity index (χ2v) is 9.64. The lowest BCUT2D eigenvalue weighted by molar-refractivity contribution is 0.396. The minimum Gasteiger partial charge on any atom is -0.247 e. The van der Waals surface area contributed by atoms with Crippen molar-refractivity contribution in [2.24, 2.45) is 0 Å². The highest BCUT2D eigenvalue weighted by Crippen LogP contribution is 2.42. The molecule has 0 aliphatic heterocycles. The van der Waals surface area contributed by atoms with Gasteiger partial charge in [0.25, 0.3) is 0 Å². The second kappa shape index (κ2) is 5.87. The standard InChI is InChI=1S/C17H22N2OS2/c1-16(2,3)22(20)19-17(13-8-5-4-6-9-13)11-7-10-14-15(17)18-12-21-14/h4-6,8-9,12,19H,7,10-11H2,1-3H3. The number of fused-ring (bicyclic) bond motifs is 1. The lowest BCUT2D eigenvalue weighted by Crippen LogP contribution is -2.50. The molecule has 1 aromatic heterocycles. The number of aryl methyl sites for hydroxylation is 1. The van der Waals surface area contributed by atoms with Gasteiger partial charge in [0.2, 0.25) is 0 Å². The third kappa shape index (κ3) is 2.77. The molecule has 1 aliphatic rings. The third-order valence-corrected chi connectivity index (χ3v) is 6.63. The van der Waals surface area contributed by atoms with Crippen molar-refractivity contribution in [1.29, 1.82) is 0 Å². The molecule has 0 saturated carbocycles. The van der Waals surface area contributed by atoms with Crippen LogP contribution in [0.1, 0.15) is 49.7 Å². The summed E-state index contributed by atoms with van der Waals surface area (Å²) >= 11 is 1.71. The maximum absolute atomic E-state index is 12.8. The highest BCUT2D eigenvalue weighted by Gasteiger charge is 2.43. The zero-order valence-corrected chi connectivity index (χ0v) is 14.9. The van der Waals surface area contributed by atoms with E-state index in [1.165, 1.54) is 4.88 Å². The predicted octanol–water partition coefficient (Wildman–Crippen LogP) is 3.77. The van der Waals surface area contributed by atoms with E-state index in [0.29, 0.717) is 0 Å². The molecule has 22 heavy (non-hydrogen) atoms. The number of rotatable bonds is 3. The summed E-state index contributed by atoms with van der Waals surface area (Å²) < 4.78 is 16.0. The lowest BCUT2D eigenvalue weighted by Gasteiger charge is -2.39. The van der Waals surface area contributed by atoms with Crippen LogP contribution in [0.5, 0.6) is 0 Å². The van der Waals surface area contributed by atoms with Gasteiger partial charge in [0, 0.05) is 4.88 Å². The largest absolute Gasteiger partial charge is 0.247 e. The average Bonchev–Trinajstić information content (AvgIpc) is 2.97. The number of nitrogens with one attached hydrogen (secondary N) is 1. The van der Waals surface area contributed by atoms with E-state index >= 15 is 0 Å². The summed E-state index contributed by atoms with van der Waals surface area (Å²) in [6, 6.07) is 10.3. The summed E-state index contributed by atoms with van der Waals surface area (Å²) in [6.45, 7) is 6.00. The van der Waals surface area contributed by atoms with Crippen LogP contribution in [0, 0.1) is 0 Å². The predicted molar refractivity (Wildman–Crippen MR) is 93.3 cm³/mol. The van der Waals surface area contributed by atoms with Gasteiger partial charge in [-0.15, -0.1) is 11.3 Å². The van der Waals surface area contributed by atoms with Crippen molar-refractivity contribution in [2.75, 3.05) is 0 Å². The molecule has 5 heteroatoms.